The third-order valence-corrected chi connectivity index (χ3v) is 4.75. The van der Waals surface area contributed by atoms with Gasteiger partial charge in [0.2, 0.25) is 5.91 Å². The first-order valence-corrected chi connectivity index (χ1v) is 7.25. The summed E-state index contributed by atoms with van der Waals surface area (Å²) in [6, 6.07) is 0.273. The minimum atomic E-state index is 0.174. The Morgan fingerprint density at radius 1 is 1.53 bits per heavy atom. The average molecular weight is 257 g/mol. The largest absolute Gasteiger partial charge is 0.375 e. The van der Waals surface area contributed by atoms with Gasteiger partial charge < -0.3 is 9.64 Å². The van der Waals surface area contributed by atoms with Gasteiger partial charge in [0, 0.05) is 13.0 Å². The van der Waals surface area contributed by atoms with Gasteiger partial charge in [0.05, 0.1) is 18.8 Å². The predicted octanol–water partition coefficient (Wildman–Crippen LogP) is 2.11. The molecule has 1 saturated heterocycles. The second kappa shape index (κ2) is 5.19. The molecule has 4 heteroatoms. The van der Waals surface area contributed by atoms with Gasteiger partial charge in [0.25, 0.3) is 0 Å². The van der Waals surface area contributed by atoms with Crippen LogP contribution in [0, 0.1) is 5.41 Å². The summed E-state index contributed by atoms with van der Waals surface area (Å²) in [5, 5.41) is 0. The monoisotopic (exact) mass is 257 g/mol. The molecule has 0 N–H and O–H groups in total. The summed E-state index contributed by atoms with van der Waals surface area (Å²) in [5.41, 5.74) is 0.222. The fourth-order valence-corrected chi connectivity index (χ4v) is 2.91. The third-order valence-electron chi connectivity index (χ3n) is 4.08. The number of thiol groups is 1. The molecule has 2 aliphatic rings. The minimum Gasteiger partial charge on any atom is -0.375 e. The number of nitrogens with zero attached hydrogens (tertiary/aromatic N) is 1. The fourth-order valence-electron chi connectivity index (χ4n) is 2.48. The first-order chi connectivity index (χ1) is 8.10. The molecule has 0 aromatic carbocycles. The summed E-state index contributed by atoms with van der Waals surface area (Å²) in [4.78, 5) is 14.4. The van der Waals surface area contributed by atoms with Gasteiger partial charge in [-0.2, -0.15) is 12.6 Å². The number of rotatable bonds is 4. The fraction of sp³-hybridized carbons (Fsp3) is 0.923. The molecule has 0 spiro atoms. The van der Waals surface area contributed by atoms with Gasteiger partial charge in [0.15, 0.2) is 0 Å². The first-order valence-electron chi connectivity index (χ1n) is 6.62. The van der Waals surface area contributed by atoms with E-state index in [-0.39, 0.29) is 17.6 Å². The third kappa shape index (κ3) is 2.97. The average Bonchev–Trinajstić information content (AvgIpc) is 3.09. The van der Waals surface area contributed by atoms with E-state index in [0.29, 0.717) is 18.9 Å². The maximum atomic E-state index is 12.4. The molecule has 2 unspecified atom stereocenters. The number of morpholine rings is 1. The van der Waals surface area contributed by atoms with Crippen LogP contribution in [0.2, 0.25) is 0 Å². The normalized spacial score (nSPS) is 31.4. The van der Waals surface area contributed by atoms with Crippen molar-refractivity contribution in [2.75, 3.05) is 18.9 Å². The number of hydrogen-bond acceptors (Lipinski definition) is 3. The van der Waals surface area contributed by atoms with E-state index in [0.717, 1.165) is 18.7 Å². The van der Waals surface area contributed by atoms with E-state index in [4.69, 9.17) is 4.74 Å². The van der Waals surface area contributed by atoms with Crippen molar-refractivity contribution in [3.05, 3.63) is 0 Å². The summed E-state index contributed by atoms with van der Waals surface area (Å²) in [7, 11) is 0. The molecule has 3 nitrogen and oxygen atoms in total. The highest BCUT2D eigenvalue weighted by molar-refractivity contribution is 7.80. The number of amides is 1. The Kier molecular flexibility index (Phi) is 4.03. The first kappa shape index (κ1) is 13.2. The van der Waals surface area contributed by atoms with Crippen LogP contribution in [0.15, 0.2) is 0 Å². The predicted molar refractivity (Wildman–Crippen MR) is 71.3 cm³/mol. The molecule has 1 amide bonds. The number of ether oxygens (including phenoxy) is 1. The quantitative estimate of drug-likeness (QED) is 0.782. The summed E-state index contributed by atoms with van der Waals surface area (Å²) >= 11 is 4.37. The SMILES string of the molecule is CCC1COC(C)CN1C(=O)CC1(CS)CC1. The highest BCUT2D eigenvalue weighted by Crippen LogP contribution is 2.50. The van der Waals surface area contributed by atoms with E-state index in [1.54, 1.807) is 0 Å². The summed E-state index contributed by atoms with van der Waals surface area (Å²) in [6.45, 7) is 5.60. The van der Waals surface area contributed by atoms with Crippen LogP contribution in [0.5, 0.6) is 0 Å². The number of carbonyl (C=O) groups excluding carboxylic acids is 1. The molecule has 1 aliphatic carbocycles. The van der Waals surface area contributed by atoms with Gasteiger partial charge >= 0.3 is 0 Å². The van der Waals surface area contributed by atoms with Crippen LogP contribution in [0.1, 0.15) is 39.5 Å². The van der Waals surface area contributed by atoms with Crippen molar-refractivity contribution in [1.82, 2.24) is 4.90 Å². The minimum absolute atomic E-state index is 0.174. The van der Waals surface area contributed by atoms with E-state index >= 15 is 0 Å². The van der Waals surface area contributed by atoms with E-state index in [1.165, 1.54) is 12.8 Å². The molecular weight excluding hydrogens is 234 g/mol. The van der Waals surface area contributed by atoms with E-state index < -0.39 is 0 Å². The van der Waals surface area contributed by atoms with Crippen molar-refractivity contribution >= 4 is 18.5 Å². The van der Waals surface area contributed by atoms with E-state index in [9.17, 15) is 4.79 Å². The number of carbonyl (C=O) groups is 1. The molecule has 1 heterocycles. The zero-order valence-corrected chi connectivity index (χ0v) is 11.7. The molecule has 1 aliphatic heterocycles. The molecule has 0 aromatic heterocycles. The Bertz CT molecular complexity index is 291. The molecule has 1 saturated carbocycles. The van der Waals surface area contributed by atoms with Gasteiger partial charge in [0.1, 0.15) is 0 Å². The Morgan fingerprint density at radius 2 is 2.24 bits per heavy atom. The van der Waals surface area contributed by atoms with Crippen LogP contribution in [0.3, 0.4) is 0 Å². The molecule has 2 rings (SSSR count). The topological polar surface area (TPSA) is 29.5 Å². The van der Waals surface area contributed by atoms with Crippen LogP contribution in [-0.4, -0.2) is 41.9 Å². The Hall–Kier alpha value is -0.220. The van der Waals surface area contributed by atoms with Gasteiger partial charge in [-0.1, -0.05) is 6.92 Å². The molecule has 0 aromatic rings. The zero-order chi connectivity index (χ0) is 12.5. The van der Waals surface area contributed by atoms with Gasteiger partial charge in [-0.25, -0.2) is 0 Å². The Balaban J connectivity index is 1.96. The second-order valence-corrected chi connectivity index (χ2v) is 5.90. The van der Waals surface area contributed by atoms with Crippen LogP contribution >= 0.6 is 12.6 Å². The highest BCUT2D eigenvalue weighted by Gasteiger charge is 2.44. The molecule has 17 heavy (non-hydrogen) atoms. The molecular formula is C13H23NO2S. The van der Waals surface area contributed by atoms with Crippen LogP contribution in [0.25, 0.3) is 0 Å². The molecule has 0 radical (unpaired) electrons. The van der Waals surface area contributed by atoms with E-state index in [1.807, 2.05) is 11.8 Å². The molecule has 0 bridgehead atoms. The lowest BCUT2D eigenvalue weighted by molar-refractivity contribution is -0.145. The smallest absolute Gasteiger partial charge is 0.223 e. The lowest BCUT2D eigenvalue weighted by Gasteiger charge is -2.39. The highest BCUT2D eigenvalue weighted by atomic mass is 32.1. The summed E-state index contributed by atoms with van der Waals surface area (Å²) in [6.07, 6.45) is 4.16. The maximum Gasteiger partial charge on any atom is 0.223 e. The lowest BCUT2D eigenvalue weighted by Crippen LogP contribution is -2.51. The van der Waals surface area contributed by atoms with Crippen molar-refractivity contribution in [3.63, 3.8) is 0 Å². The van der Waals surface area contributed by atoms with Gasteiger partial charge in [-0.3, -0.25) is 4.79 Å². The number of hydrogen-bond donors (Lipinski definition) is 1. The summed E-state index contributed by atoms with van der Waals surface area (Å²) < 4.78 is 5.62. The van der Waals surface area contributed by atoms with Crippen molar-refractivity contribution in [2.45, 2.75) is 51.7 Å². The van der Waals surface area contributed by atoms with Crippen LogP contribution in [0.4, 0.5) is 0 Å². The maximum absolute atomic E-state index is 12.4. The molecule has 98 valence electrons. The second-order valence-electron chi connectivity index (χ2n) is 5.59. The lowest BCUT2D eigenvalue weighted by atomic mass is 10.0. The van der Waals surface area contributed by atoms with Crippen molar-refractivity contribution in [3.8, 4) is 0 Å². The van der Waals surface area contributed by atoms with Crippen LogP contribution < -0.4 is 0 Å². The summed E-state index contributed by atoms with van der Waals surface area (Å²) in [5.74, 6) is 1.15. The van der Waals surface area contributed by atoms with Crippen LogP contribution in [-0.2, 0) is 9.53 Å². The molecule has 2 fully saturated rings. The van der Waals surface area contributed by atoms with Crippen molar-refractivity contribution in [1.29, 1.82) is 0 Å². The van der Waals surface area contributed by atoms with Crippen molar-refractivity contribution in [2.24, 2.45) is 5.41 Å². The van der Waals surface area contributed by atoms with Crippen molar-refractivity contribution < 1.29 is 9.53 Å². The van der Waals surface area contributed by atoms with E-state index in [2.05, 4.69) is 19.6 Å². The van der Waals surface area contributed by atoms with Gasteiger partial charge in [-0.15, -0.1) is 0 Å². The van der Waals surface area contributed by atoms with Gasteiger partial charge in [-0.05, 0) is 37.4 Å². The molecule has 2 atom stereocenters. The zero-order valence-electron chi connectivity index (χ0n) is 10.8. The Labute approximate surface area is 109 Å². The Morgan fingerprint density at radius 3 is 2.76 bits per heavy atom. The standard InChI is InChI=1S/C13H23NO2S/c1-3-11-8-16-10(2)7-14(11)12(15)6-13(9-17)4-5-13/h10-11,17H,3-9H2,1-2H3.